The number of benzene rings is 1. The third kappa shape index (κ3) is 2.02. The van der Waals surface area contributed by atoms with Crippen LogP contribution in [0, 0.1) is 0 Å². The maximum Gasteiger partial charge on any atom is 0.109 e. The predicted molar refractivity (Wildman–Crippen MR) is 75.5 cm³/mol. The fraction of sp³-hybridized carbons (Fsp3) is 0.357. The molecule has 1 aromatic heterocycles. The Balaban J connectivity index is 1.83. The van der Waals surface area contributed by atoms with Gasteiger partial charge in [-0.15, -0.1) is 11.3 Å². The zero-order valence-corrected chi connectivity index (χ0v) is 11.3. The Hall–Kier alpha value is -1.39. The van der Waals surface area contributed by atoms with Gasteiger partial charge < -0.3 is 5.73 Å². The first-order chi connectivity index (χ1) is 8.75. The molecule has 3 nitrogen and oxygen atoms in total. The lowest BCUT2D eigenvalue weighted by molar-refractivity contribution is 0.192. The van der Waals surface area contributed by atoms with E-state index in [-0.39, 0.29) is 0 Å². The van der Waals surface area contributed by atoms with Gasteiger partial charge in [0.15, 0.2) is 0 Å². The number of thiazole rings is 1. The van der Waals surface area contributed by atoms with Crippen LogP contribution in [0.15, 0.2) is 29.8 Å². The van der Waals surface area contributed by atoms with Crippen LogP contribution in [0.3, 0.4) is 0 Å². The minimum Gasteiger partial charge on any atom is -0.398 e. The molecule has 1 aliphatic heterocycles. The van der Waals surface area contributed by atoms with E-state index < -0.39 is 0 Å². The van der Waals surface area contributed by atoms with Gasteiger partial charge in [-0.05, 0) is 30.5 Å². The molecular formula is C14H17N3S. The maximum atomic E-state index is 6.03. The van der Waals surface area contributed by atoms with Crippen LogP contribution < -0.4 is 5.73 Å². The van der Waals surface area contributed by atoms with E-state index in [9.17, 15) is 0 Å². The van der Waals surface area contributed by atoms with Crippen LogP contribution in [-0.2, 0) is 13.0 Å². The van der Waals surface area contributed by atoms with Crippen LogP contribution in [0.2, 0.25) is 0 Å². The smallest absolute Gasteiger partial charge is 0.109 e. The molecule has 94 valence electrons. The predicted octanol–water partition coefficient (Wildman–Crippen LogP) is 2.84. The molecule has 3 rings (SSSR count). The number of aromatic nitrogens is 1. The highest BCUT2D eigenvalue weighted by atomic mass is 32.1. The van der Waals surface area contributed by atoms with Crippen molar-refractivity contribution < 1.29 is 0 Å². The van der Waals surface area contributed by atoms with E-state index in [1.807, 2.05) is 23.7 Å². The first-order valence-corrected chi connectivity index (χ1v) is 7.13. The van der Waals surface area contributed by atoms with E-state index in [0.717, 1.165) is 25.2 Å². The van der Waals surface area contributed by atoms with E-state index in [4.69, 9.17) is 5.73 Å². The van der Waals surface area contributed by atoms with Crippen LogP contribution >= 0.6 is 11.3 Å². The second-order valence-corrected chi connectivity index (χ2v) is 5.68. The monoisotopic (exact) mass is 259 g/mol. The number of hydrogen-bond donors (Lipinski definition) is 1. The second-order valence-electron chi connectivity index (χ2n) is 4.75. The average Bonchev–Trinajstić information content (AvgIpc) is 2.91. The molecule has 0 radical (unpaired) electrons. The summed E-state index contributed by atoms with van der Waals surface area (Å²) in [7, 11) is 0. The van der Waals surface area contributed by atoms with E-state index in [1.54, 1.807) is 11.3 Å². The molecule has 2 heterocycles. The van der Waals surface area contributed by atoms with Crippen LogP contribution in [0.5, 0.6) is 0 Å². The minimum absolute atomic E-state index is 0.389. The van der Waals surface area contributed by atoms with Gasteiger partial charge in [0.05, 0.1) is 6.04 Å². The van der Waals surface area contributed by atoms with Crippen molar-refractivity contribution in [3.05, 3.63) is 45.9 Å². The maximum absolute atomic E-state index is 6.03. The third-order valence-electron chi connectivity index (χ3n) is 3.69. The van der Waals surface area contributed by atoms with Gasteiger partial charge in [0, 0.05) is 30.4 Å². The summed E-state index contributed by atoms with van der Waals surface area (Å²) in [6.07, 6.45) is 2.92. The van der Waals surface area contributed by atoms with Gasteiger partial charge >= 0.3 is 0 Å². The molecule has 18 heavy (non-hydrogen) atoms. The zero-order valence-electron chi connectivity index (χ0n) is 10.5. The Morgan fingerprint density at radius 3 is 3.11 bits per heavy atom. The summed E-state index contributed by atoms with van der Waals surface area (Å²) in [5.41, 5.74) is 9.67. The van der Waals surface area contributed by atoms with Crippen molar-refractivity contribution in [1.82, 2.24) is 9.88 Å². The summed E-state index contributed by atoms with van der Waals surface area (Å²) in [5, 5.41) is 3.24. The first kappa shape index (κ1) is 11.7. The van der Waals surface area contributed by atoms with Gasteiger partial charge in [-0.1, -0.05) is 12.1 Å². The molecule has 2 N–H and O–H groups in total. The van der Waals surface area contributed by atoms with Gasteiger partial charge in [-0.2, -0.15) is 0 Å². The second kappa shape index (κ2) is 4.71. The fourth-order valence-corrected chi connectivity index (χ4v) is 3.32. The molecule has 1 aromatic carbocycles. The SMILES string of the molecule is CC(c1nccs1)N1CCc2c(N)cccc2C1. The highest BCUT2D eigenvalue weighted by molar-refractivity contribution is 7.09. The number of rotatable bonds is 2. The number of nitrogens with zero attached hydrogens (tertiary/aromatic N) is 2. The molecular weight excluding hydrogens is 242 g/mol. The van der Waals surface area contributed by atoms with E-state index in [0.29, 0.717) is 6.04 Å². The molecule has 0 bridgehead atoms. The molecule has 0 spiro atoms. The average molecular weight is 259 g/mol. The van der Waals surface area contributed by atoms with Gasteiger partial charge in [0.25, 0.3) is 0 Å². The van der Waals surface area contributed by atoms with Crippen molar-refractivity contribution in [2.24, 2.45) is 0 Å². The Morgan fingerprint density at radius 2 is 2.33 bits per heavy atom. The minimum atomic E-state index is 0.389. The van der Waals surface area contributed by atoms with Gasteiger partial charge in [0.2, 0.25) is 0 Å². The van der Waals surface area contributed by atoms with Crippen LogP contribution in [0.25, 0.3) is 0 Å². The molecule has 1 aliphatic rings. The highest BCUT2D eigenvalue weighted by Crippen LogP contribution is 2.30. The van der Waals surface area contributed by atoms with Crippen molar-refractivity contribution in [2.75, 3.05) is 12.3 Å². The molecule has 1 unspecified atom stereocenters. The number of hydrogen-bond acceptors (Lipinski definition) is 4. The van der Waals surface area contributed by atoms with Crippen LogP contribution in [-0.4, -0.2) is 16.4 Å². The lowest BCUT2D eigenvalue weighted by Crippen LogP contribution is -2.33. The normalized spacial score (nSPS) is 17.4. The molecule has 0 saturated carbocycles. The van der Waals surface area contributed by atoms with Crippen LogP contribution in [0.4, 0.5) is 5.69 Å². The Kier molecular flexibility index (Phi) is 3.06. The lowest BCUT2D eigenvalue weighted by Gasteiger charge is -2.33. The summed E-state index contributed by atoms with van der Waals surface area (Å²) in [6, 6.07) is 6.62. The molecule has 0 aliphatic carbocycles. The van der Waals surface area contributed by atoms with Gasteiger partial charge in [0.1, 0.15) is 5.01 Å². The van der Waals surface area contributed by atoms with Crippen molar-refractivity contribution in [3.8, 4) is 0 Å². The Labute approximate surface area is 111 Å². The van der Waals surface area contributed by atoms with Crippen molar-refractivity contribution in [3.63, 3.8) is 0 Å². The number of anilines is 1. The Morgan fingerprint density at radius 1 is 1.44 bits per heavy atom. The fourth-order valence-electron chi connectivity index (χ4n) is 2.59. The summed E-state index contributed by atoms with van der Waals surface area (Å²) >= 11 is 1.73. The summed E-state index contributed by atoms with van der Waals surface area (Å²) < 4.78 is 0. The van der Waals surface area contributed by atoms with Crippen molar-refractivity contribution in [1.29, 1.82) is 0 Å². The first-order valence-electron chi connectivity index (χ1n) is 6.25. The van der Waals surface area contributed by atoms with E-state index in [2.05, 4.69) is 22.9 Å². The van der Waals surface area contributed by atoms with Crippen molar-refractivity contribution in [2.45, 2.75) is 25.9 Å². The summed E-state index contributed by atoms with van der Waals surface area (Å²) in [4.78, 5) is 6.89. The molecule has 1 atom stereocenters. The highest BCUT2D eigenvalue weighted by Gasteiger charge is 2.23. The Bertz CT molecular complexity index is 536. The van der Waals surface area contributed by atoms with Crippen molar-refractivity contribution >= 4 is 17.0 Å². The zero-order chi connectivity index (χ0) is 12.5. The number of nitrogen functional groups attached to an aromatic ring is 1. The van der Waals surface area contributed by atoms with E-state index in [1.165, 1.54) is 16.1 Å². The van der Waals surface area contributed by atoms with Gasteiger partial charge in [-0.3, -0.25) is 4.90 Å². The standard InChI is InChI=1S/C14H17N3S/c1-10(14-16-6-8-18-14)17-7-5-12-11(9-17)3-2-4-13(12)15/h2-4,6,8,10H,5,7,9,15H2,1H3. The topological polar surface area (TPSA) is 42.2 Å². The largest absolute Gasteiger partial charge is 0.398 e. The molecule has 2 aromatic rings. The summed E-state index contributed by atoms with van der Waals surface area (Å²) in [5.74, 6) is 0. The number of nitrogens with two attached hydrogens (primary N) is 1. The molecule has 0 amide bonds. The molecule has 0 saturated heterocycles. The quantitative estimate of drug-likeness (QED) is 0.843. The van der Waals surface area contributed by atoms with E-state index >= 15 is 0 Å². The number of fused-ring (bicyclic) bond motifs is 1. The third-order valence-corrected chi connectivity index (χ3v) is 4.63. The molecule has 4 heteroatoms. The summed E-state index contributed by atoms with van der Waals surface area (Å²) in [6.45, 7) is 4.26. The van der Waals surface area contributed by atoms with Crippen LogP contribution in [0.1, 0.15) is 29.1 Å². The lowest BCUT2D eigenvalue weighted by atomic mass is 9.97. The van der Waals surface area contributed by atoms with Gasteiger partial charge in [-0.25, -0.2) is 4.98 Å². The molecule has 0 fully saturated rings.